The molecule has 0 aliphatic heterocycles. The number of halogens is 1. The van der Waals surface area contributed by atoms with Crippen LogP contribution < -0.4 is 5.32 Å². The molecule has 0 atom stereocenters. The van der Waals surface area contributed by atoms with Gasteiger partial charge in [0.05, 0.1) is 10.2 Å². The minimum absolute atomic E-state index is 0.0826. The van der Waals surface area contributed by atoms with Crippen LogP contribution >= 0.6 is 22.9 Å². The molecule has 2 heterocycles. The van der Waals surface area contributed by atoms with E-state index in [1.54, 1.807) is 0 Å². The van der Waals surface area contributed by atoms with E-state index in [4.69, 9.17) is 16.3 Å². The molecule has 1 aromatic carbocycles. The van der Waals surface area contributed by atoms with Crippen LogP contribution in [0.1, 0.15) is 5.56 Å². The second-order valence-electron chi connectivity index (χ2n) is 4.16. The number of fused-ring (bicyclic) bond motifs is 1. The molecule has 21 heavy (non-hydrogen) atoms. The summed E-state index contributed by atoms with van der Waals surface area (Å²) in [6.07, 6.45) is -0.580. The maximum absolute atomic E-state index is 11.8. The maximum Gasteiger partial charge on any atom is 0.413 e. The number of hydrogen-bond acceptors (Lipinski definition) is 5. The van der Waals surface area contributed by atoms with Crippen molar-refractivity contribution in [2.75, 3.05) is 5.32 Å². The molecule has 2 aromatic heterocycles. The lowest BCUT2D eigenvalue weighted by Crippen LogP contribution is -2.14. The van der Waals surface area contributed by atoms with E-state index in [1.807, 2.05) is 41.8 Å². The Labute approximate surface area is 129 Å². The smallest absolute Gasteiger partial charge is 0.413 e. The first-order chi connectivity index (χ1) is 10.2. The van der Waals surface area contributed by atoms with Crippen LogP contribution in [0.3, 0.4) is 0 Å². The molecule has 0 radical (unpaired) electrons. The van der Waals surface area contributed by atoms with E-state index >= 15 is 0 Å². The lowest BCUT2D eigenvalue weighted by atomic mass is 10.2. The third-order valence-corrected chi connectivity index (χ3v) is 3.79. The number of nitrogens with one attached hydrogen (secondary N) is 1. The lowest BCUT2D eigenvalue weighted by molar-refractivity contribution is 0.155. The molecular formula is C14H10ClN3O2S. The van der Waals surface area contributed by atoms with E-state index in [2.05, 4.69) is 15.3 Å². The zero-order valence-corrected chi connectivity index (χ0v) is 12.3. The third kappa shape index (κ3) is 3.29. The highest BCUT2D eigenvalue weighted by atomic mass is 35.5. The van der Waals surface area contributed by atoms with Gasteiger partial charge in [0.1, 0.15) is 6.61 Å². The van der Waals surface area contributed by atoms with E-state index < -0.39 is 6.09 Å². The largest absolute Gasteiger partial charge is 0.444 e. The molecule has 0 fully saturated rings. The Bertz CT molecular complexity index is 776. The summed E-state index contributed by atoms with van der Waals surface area (Å²) in [5.74, 6) is 0.359. The normalized spacial score (nSPS) is 10.5. The average Bonchev–Trinajstić information content (AvgIpc) is 2.94. The lowest BCUT2D eigenvalue weighted by Gasteiger charge is -2.07. The molecule has 106 valence electrons. The SMILES string of the molecule is O=C(Nc1nc(Cl)nc2ccsc12)OCc1ccccc1. The van der Waals surface area contributed by atoms with E-state index in [1.165, 1.54) is 11.3 Å². The topological polar surface area (TPSA) is 64.1 Å². The maximum atomic E-state index is 11.8. The van der Waals surface area contributed by atoms with Gasteiger partial charge in [-0.15, -0.1) is 11.3 Å². The summed E-state index contributed by atoms with van der Waals surface area (Å²) >= 11 is 7.25. The van der Waals surface area contributed by atoms with Crippen molar-refractivity contribution in [1.29, 1.82) is 0 Å². The zero-order chi connectivity index (χ0) is 14.7. The number of amides is 1. The van der Waals surface area contributed by atoms with Crippen molar-refractivity contribution >= 4 is 45.1 Å². The van der Waals surface area contributed by atoms with Crippen LogP contribution in [-0.4, -0.2) is 16.1 Å². The Balaban J connectivity index is 1.70. The summed E-state index contributed by atoms with van der Waals surface area (Å²) in [5.41, 5.74) is 1.60. The molecule has 3 rings (SSSR count). The molecule has 7 heteroatoms. The van der Waals surface area contributed by atoms with Crippen molar-refractivity contribution in [3.05, 3.63) is 52.6 Å². The number of rotatable bonds is 3. The Kier molecular flexibility index (Phi) is 3.98. The quantitative estimate of drug-likeness (QED) is 0.738. The van der Waals surface area contributed by atoms with E-state index in [0.29, 0.717) is 11.3 Å². The van der Waals surface area contributed by atoms with Crippen molar-refractivity contribution in [3.63, 3.8) is 0 Å². The zero-order valence-electron chi connectivity index (χ0n) is 10.7. The molecule has 1 N–H and O–H groups in total. The monoisotopic (exact) mass is 319 g/mol. The van der Waals surface area contributed by atoms with Gasteiger partial charge >= 0.3 is 6.09 Å². The van der Waals surface area contributed by atoms with Gasteiger partial charge in [0, 0.05) is 0 Å². The van der Waals surface area contributed by atoms with Gasteiger partial charge in [0.25, 0.3) is 0 Å². The van der Waals surface area contributed by atoms with Crippen LogP contribution in [0, 0.1) is 0 Å². The summed E-state index contributed by atoms with van der Waals surface area (Å²) in [4.78, 5) is 19.9. The average molecular weight is 320 g/mol. The molecule has 0 spiro atoms. The van der Waals surface area contributed by atoms with E-state index in [-0.39, 0.29) is 11.9 Å². The number of carbonyl (C=O) groups excluding carboxylic acids is 1. The first-order valence-electron chi connectivity index (χ1n) is 6.11. The van der Waals surface area contributed by atoms with Gasteiger partial charge in [0.15, 0.2) is 5.82 Å². The fourth-order valence-corrected chi connectivity index (χ4v) is 2.73. The molecule has 0 aliphatic rings. The van der Waals surface area contributed by atoms with Crippen LogP contribution in [0.2, 0.25) is 5.28 Å². The number of ether oxygens (including phenoxy) is 1. The Morgan fingerprint density at radius 3 is 2.86 bits per heavy atom. The molecule has 5 nitrogen and oxygen atoms in total. The van der Waals surface area contributed by atoms with Crippen molar-refractivity contribution in [2.45, 2.75) is 6.61 Å². The van der Waals surface area contributed by atoms with Crippen LogP contribution in [0.4, 0.5) is 10.6 Å². The highest BCUT2D eigenvalue weighted by Gasteiger charge is 2.12. The number of benzene rings is 1. The first kappa shape index (κ1) is 13.8. The van der Waals surface area contributed by atoms with Crippen LogP contribution in [0.5, 0.6) is 0 Å². The second kappa shape index (κ2) is 6.07. The van der Waals surface area contributed by atoms with Crippen LogP contribution in [-0.2, 0) is 11.3 Å². The fraction of sp³-hybridized carbons (Fsp3) is 0.0714. The van der Waals surface area contributed by atoms with Crippen molar-refractivity contribution in [1.82, 2.24) is 9.97 Å². The number of hydrogen-bond donors (Lipinski definition) is 1. The van der Waals surface area contributed by atoms with Crippen molar-refractivity contribution in [3.8, 4) is 0 Å². The predicted molar refractivity (Wildman–Crippen MR) is 82.7 cm³/mol. The van der Waals surface area contributed by atoms with Crippen LogP contribution in [0.25, 0.3) is 10.2 Å². The summed E-state index contributed by atoms with van der Waals surface area (Å²) < 4.78 is 5.91. The molecule has 0 saturated carbocycles. The second-order valence-corrected chi connectivity index (χ2v) is 5.42. The fourth-order valence-electron chi connectivity index (χ4n) is 1.78. The standard InChI is InChI=1S/C14H10ClN3O2S/c15-13-16-10-6-7-21-11(10)12(17-13)18-14(19)20-8-9-4-2-1-3-5-9/h1-7H,8H2,(H,16,17,18,19). The van der Waals surface area contributed by atoms with Gasteiger partial charge in [-0.25, -0.2) is 9.78 Å². The van der Waals surface area contributed by atoms with Gasteiger partial charge < -0.3 is 4.74 Å². The molecule has 0 saturated heterocycles. The molecule has 0 bridgehead atoms. The minimum Gasteiger partial charge on any atom is -0.444 e. The number of thiophene rings is 1. The molecule has 1 amide bonds. The summed E-state index contributed by atoms with van der Waals surface area (Å²) in [7, 11) is 0. The van der Waals surface area contributed by atoms with Crippen molar-refractivity contribution in [2.24, 2.45) is 0 Å². The first-order valence-corrected chi connectivity index (χ1v) is 7.36. The number of anilines is 1. The third-order valence-electron chi connectivity index (χ3n) is 2.71. The van der Waals surface area contributed by atoms with E-state index in [0.717, 1.165) is 10.3 Å². The van der Waals surface area contributed by atoms with E-state index in [9.17, 15) is 4.79 Å². The van der Waals surface area contributed by atoms with Gasteiger partial charge in [-0.2, -0.15) is 4.98 Å². The van der Waals surface area contributed by atoms with Crippen LogP contribution in [0.15, 0.2) is 41.8 Å². The van der Waals surface area contributed by atoms with Gasteiger partial charge in [-0.3, -0.25) is 5.32 Å². The number of aromatic nitrogens is 2. The predicted octanol–water partition coefficient (Wildman–Crippen LogP) is 4.09. The summed E-state index contributed by atoms with van der Waals surface area (Å²) in [6.45, 7) is 0.194. The number of carbonyl (C=O) groups is 1. The summed E-state index contributed by atoms with van der Waals surface area (Å²) in [5, 5.41) is 4.54. The van der Waals surface area contributed by atoms with Gasteiger partial charge in [-0.05, 0) is 28.6 Å². The highest BCUT2D eigenvalue weighted by molar-refractivity contribution is 7.17. The Hall–Kier alpha value is -2.18. The highest BCUT2D eigenvalue weighted by Crippen LogP contribution is 2.27. The molecule has 0 unspecified atom stereocenters. The summed E-state index contributed by atoms with van der Waals surface area (Å²) in [6, 6.07) is 11.2. The van der Waals surface area contributed by atoms with Gasteiger partial charge in [-0.1, -0.05) is 30.3 Å². The molecule has 0 aliphatic carbocycles. The van der Waals surface area contributed by atoms with Crippen molar-refractivity contribution < 1.29 is 9.53 Å². The number of nitrogens with zero attached hydrogens (tertiary/aromatic N) is 2. The minimum atomic E-state index is -0.580. The Morgan fingerprint density at radius 1 is 1.24 bits per heavy atom. The Morgan fingerprint density at radius 2 is 2.05 bits per heavy atom. The molecule has 3 aromatic rings. The molecular weight excluding hydrogens is 310 g/mol. The van der Waals surface area contributed by atoms with Gasteiger partial charge in [0.2, 0.25) is 5.28 Å².